The molecule has 0 heterocycles. The van der Waals surface area contributed by atoms with E-state index in [2.05, 4.69) is 5.32 Å². The Bertz CT molecular complexity index is 619. The van der Waals surface area contributed by atoms with Crippen LogP contribution in [0.4, 0.5) is 0 Å². The molecule has 4 nitrogen and oxygen atoms in total. The summed E-state index contributed by atoms with van der Waals surface area (Å²) < 4.78 is 0. The molecule has 2 fully saturated rings. The molecular formula is C16H17Cl2NO3. The minimum Gasteiger partial charge on any atom is -0.481 e. The molecule has 2 aliphatic carbocycles. The number of halogens is 2. The molecule has 6 heteroatoms. The average Bonchev–Trinajstić information content (AvgIpc) is 3.14. The van der Waals surface area contributed by atoms with Crippen LogP contribution in [-0.2, 0) is 9.59 Å². The Labute approximate surface area is 138 Å². The van der Waals surface area contributed by atoms with Gasteiger partial charge in [0, 0.05) is 12.0 Å². The highest BCUT2D eigenvalue weighted by molar-refractivity contribution is 6.42. The summed E-state index contributed by atoms with van der Waals surface area (Å²) in [7, 11) is 0. The van der Waals surface area contributed by atoms with Crippen LogP contribution >= 0.6 is 23.2 Å². The fourth-order valence-electron chi connectivity index (χ4n) is 3.24. The number of carboxylic acid groups (broad SMARTS) is 1. The molecule has 2 saturated carbocycles. The van der Waals surface area contributed by atoms with E-state index in [1.807, 2.05) is 12.1 Å². The number of carbonyl (C=O) groups is 2. The van der Waals surface area contributed by atoms with Gasteiger partial charge in [0.15, 0.2) is 0 Å². The molecular weight excluding hydrogens is 325 g/mol. The number of nitrogens with one attached hydrogen (secondary N) is 1. The van der Waals surface area contributed by atoms with E-state index in [0.717, 1.165) is 18.4 Å². The summed E-state index contributed by atoms with van der Waals surface area (Å²) in [5.41, 5.74) is 1.03. The fraction of sp³-hybridized carbons (Fsp3) is 0.500. The number of amides is 1. The molecule has 1 aromatic carbocycles. The van der Waals surface area contributed by atoms with Crippen LogP contribution in [0.15, 0.2) is 18.2 Å². The van der Waals surface area contributed by atoms with E-state index >= 15 is 0 Å². The van der Waals surface area contributed by atoms with Crippen molar-refractivity contribution < 1.29 is 14.7 Å². The van der Waals surface area contributed by atoms with Gasteiger partial charge >= 0.3 is 5.97 Å². The van der Waals surface area contributed by atoms with E-state index in [1.54, 1.807) is 6.07 Å². The predicted molar refractivity (Wildman–Crippen MR) is 84.2 cm³/mol. The molecule has 2 aliphatic rings. The van der Waals surface area contributed by atoms with Gasteiger partial charge in [-0.15, -0.1) is 0 Å². The monoisotopic (exact) mass is 341 g/mol. The Morgan fingerprint density at radius 2 is 1.91 bits per heavy atom. The molecule has 0 aromatic heterocycles. The Morgan fingerprint density at radius 1 is 1.14 bits per heavy atom. The van der Waals surface area contributed by atoms with Gasteiger partial charge in [-0.3, -0.25) is 9.59 Å². The number of carboxylic acids is 1. The molecule has 3 rings (SSSR count). The first-order valence-electron chi connectivity index (χ1n) is 7.44. The molecule has 0 aliphatic heterocycles. The van der Waals surface area contributed by atoms with Gasteiger partial charge in [-0.05, 0) is 49.3 Å². The Morgan fingerprint density at radius 3 is 2.55 bits per heavy atom. The van der Waals surface area contributed by atoms with Crippen LogP contribution in [0.25, 0.3) is 0 Å². The summed E-state index contributed by atoms with van der Waals surface area (Å²) >= 11 is 11.9. The van der Waals surface area contributed by atoms with Crippen molar-refractivity contribution in [1.82, 2.24) is 5.32 Å². The lowest BCUT2D eigenvalue weighted by molar-refractivity contribution is -0.141. The maximum atomic E-state index is 12.3. The highest BCUT2D eigenvalue weighted by Crippen LogP contribution is 2.48. The molecule has 0 radical (unpaired) electrons. The number of hydrogen-bond acceptors (Lipinski definition) is 2. The summed E-state index contributed by atoms with van der Waals surface area (Å²) in [6.45, 7) is 0. The minimum atomic E-state index is -0.767. The van der Waals surface area contributed by atoms with E-state index in [-0.39, 0.29) is 29.7 Å². The maximum Gasteiger partial charge on any atom is 0.306 e. The lowest BCUT2D eigenvalue weighted by Crippen LogP contribution is -2.34. The second-order valence-electron chi connectivity index (χ2n) is 6.18. The first kappa shape index (κ1) is 15.6. The van der Waals surface area contributed by atoms with E-state index in [0.29, 0.717) is 22.9 Å². The van der Waals surface area contributed by atoms with Crippen LogP contribution in [-0.4, -0.2) is 23.0 Å². The molecule has 22 heavy (non-hydrogen) atoms. The first-order chi connectivity index (χ1) is 10.5. The van der Waals surface area contributed by atoms with Gasteiger partial charge in [-0.1, -0.05) is 29.3 Å². The summed E-state index contributed by atoms with van der Waals surface area (Å²) in [6, 6.07) is 5.46. The van der Waals surface area contributed by atoms with E-state index in [4.69, 9.17) is 28.3 Å². The fourth-order valence-corrected chi connectivity index (χ4v) is 3.55. The van der Waals surface area contributed by atoms with Crippen molar-refractivity contribution in [3.8, 4) is 0 Å². The molecule has 0 bridgehead atoms. The zero-order valence-electron chi connectivity index (χ0n) is 11.9. The van der Waals surface area contributed by atoms with Crippen molar-refractivity contribution in [2.45, 2.75) is 37.6 Å². The molecule has 0 spiro atoms. The number of benzene rings is 1. The molecule has 118 valence electrons. The molecule has 2 unspecified atom stereocenters. The van der Waals surface area contributed by atoms with Crippen molar-refractivity contribution >= 4 is 35.1 Å². The van der Waals surface area contributed by atoms with Crippen molar-refractivity contribution in [1.29, 1.82) is 0 Å². The molecule has 1 aromatic rings. The number of rotatable bonds is 4. The predicted octanol–water partition coefficient (Wildman–Crippen LogP) is 3.47. The van der Waals surface area contributed by atoms with E-state index in [1.165, 1.54) is 0 Å². The number of hydrogen-bond donors (Lipinski definition) is 2. The van der Waals surface area contributed by atoms with Gasteiger partial charge in [-0.25, -0.2) is 0 Å². The van der Waals surface area contributed by atoms with Crippen molar-refractivity contribution in [3.05, 3.63) is 33.8 Å². The Hall–Kier alpha value is -1.26. The molecule has 2 N–H and O–H groups in total. The second kappa shape index (κ2) is 6.09. The van der Waals surface area contributed by atoms with Crippen molar-refractivity contribution in [3.63, 3.8) is 0 Å². The summed E-state index contributed by atoms with van der Waals surface area (Å²) in [5.74, 6) is -0.924. The topological polar surface area (TPSA) is 66.4 Å². The van der Waals surface area contributed by atoms with Gasteiger partial charge in [0.2, 0.25) is 5.91 Å². The third-order valence-corrected chi connectivity index (χ3v) is 5.37. The van der Waals surface area contributed by atoms with Crippen LogP contribution in [0.2, 0.25) is 10.0 Å². The van der Waals surface area contributed by atoms with Crippen LogP contribution in [0, 0.1) is 11.8 Å². The van der Waals surface area contributed by atoms with Gasteiger partial charge in [0.1, 0.15) is 0 Å². The molecule has 0 saturated heterocycles. The summed E-state index contributed by atoms with van der Waals surface area (Å²) in [6.07, 6.45) is 2.72. The lowest BCUT2D eigenvalue weighted by Gasteiger charge is -2.12. The first-order valence-corrected chi connectivity index (χ1v) is 8.19. The Kier molecular flexibility index (Phi) is 4.33. The largest absolute Gasteiger partial charge is 0.481 e. The smallest absolute Gasteiger partial charge is 0.306 e. The van der Waals surface area contributed by atoms with Crippen LogP contribution in [0.1, 0.15) is 37.2 Å². The van der Waals surface area contributed by atoms with Crippen molar-refractivity contribution in [2.24, 2.45) is 11.8 Å². The SMILES string of the molecule is O=C(N[C@@H]1CC[C@H](C(=O)O)C1)C1CC1c1ccc(Cl)c(Cl)c1. The quantitative estimate of drug-likeness (QED) is 0.881. The Balaban J connectivity index is 1.55. The van der Waals surface area contributed by atoms with Gasteiger partial charge < -0.3 is 10.4 Å². The minimum absolute atomic E-state index is 0.0105. The zero-order valence-corrected chi connectivity index (χ0v) is 13.4. The summed E-state index contributed by atoms with van der Waals surface area (Å²) in [4.78, 5) is 23.2. The zero-order chi connectivity index (χ0) is 15.9. The summed E-state index contributed by atoms with van der Waals surface area (Å²) in [5, 5.41) is 13.0. The van der Waals surface area contributed by atoms with Crippen LogP contribution in [0.3, 0.4) is 0 Å². The highest BCUT2D eigenvalue weighted by atomic mass is 35.5. The van der Waals surface area contributed by atoms with E-state index < -0.39 is 5.97 Å². The standard InChI is InChI=1S/C16H17Cl2NO3/c17-13-4-2-8(6-14(13)18)11-7-12(11)15(20)19-10-3-1-9(5-10)16(21)22/h2,4,6,9-12H,1,3,5,7H2,(H,19,20)(H,21,22)/t9-,10+,11?,12?/m0/s1. The maximum absolute atomic E-state index is 12.3. The normalized spacial score (nSPS) is 30.1. The van der Waals surface area contributed by atoms with E-state index in [9.17, 15) is 9.59 Å². The second-order valence-corrected chi connectivity index (χ2v) is 6.99. The third-order valence-electron chi connectivity index (χ3n) is 4.63. The van der Waals surface area contributed by atoms with Crippen LogP contribution < -0.4 is 5.32 Å². The van der Waals surface area contributed by atoms with Gasteiger partial charge in [0.05, 0.1) is 16.0 Å². The lowest BCUT2D eigenvalue weighted by atomic mass is 10.1. The third kappa shape index (κ3) is 3.23. The number of carbonyl (C=O) groups excluding carboxylic acids is 1. The van der Waals surface area contributed by atoms with Gasteiger partial charge in [0.25, 0.3) is 0 Å². The van der Waals surface area contributed by atoms with Crippen molar-refractivity contribution in [2.75, 3.05) is 0 Å². The molecule has 4 atom stereocenters. The highest BCUT2D eigenvalue weighted by Gasteiger charge is 2.45. The molecule has 1 amide bonds. The van der Waals surface area contributed by atoms with Crippen LogP contribution in [0.5, 0.6) is 0 Å². The average molecular weight is 342 g/mol. The number of aliphatic carboxylic acids is 1. The van der Waals surface area contributed by atoms with Gasteiger partial charge in [-0.2, -0.15) is 0 Å².